The first kappa shape index (κ1) is 11.0. The van der Waals surface area contributed by atoms with Gasteiger partial charge in [-0.3, -0.25) is 4.79 Å². The van der Waals surface area contributed by atoms with Crippen LogP contribution in [0.5, 0.6) is 0 Å². The van der Waals surface area contributed by atoms with Crippen molar-refractivity contribution in [3.63, 3.8) is 0 Å². The number of ketones is 1. The molecular formula is C13H13BrN2O. The summed E-state index contributed by atoms with van der Waals surface area (Å²) < 4.78 is 0. The van der Waals surface area contributed by atoms with E-state index in [0.717, 1.165) is 24.2 Å². The van der Waals surface area contributed by atoms with E-state index in [1.165, 1.54) is 10.9 Å². The molecule has 0 amide bonds. The molecule has 3 rings (SSSR count). The molecule has 0 bridgehead atoms. The summed E-state index contributed by atoms with van der Waals surface area (Å²) in [4.78, 5) is 15.3. The number of fused-ring (bicyclic) bond motifs is 3. The maximum Gasteiger partial charge on any atom is 0.166 e. The fourth-order valence-electron chi connectivity index (χ4n) is 2.53. The number of aromatic amines is 1. The van der Waals surface area contributed by atoms with E-state index < -0.39 is 0 Å². The zero-order valence-corrected chi connectivity index (χ0v) is 10.9. The Morgan fingerprint density at radius 3 is 3.06 bits per heavy atom. The molecule has 0 aliphatic carbocycles. The molecule has 2 heterocycles. The highest BCUT2D eigenvalue weighted by Gasteiger charge is 2.28. The van der Waals surface area contributed by atoms with Gasteiger partial charge < -0.3 is 10.3 Å². The number of alkyl halides is 1. The maximum atomic E-state index is 11.9. The Bertz CT molecular complexity index is 576. The minimum absolute atomic E-state index is 0.178. The topological polar surface area (TPSA) is 44.9 Å². The lowest BCUT2D eigenvalue weighted by molar-refractivity contribution is -0.118. The van der Waals surface area contributed by atoms with Crippen molar-refractivity contribution in [3.8, 4) is 0 Å². The number of para-hydroxylation sites is 1. The van der Waals surface area contributed by atoms with Gasteiger partial charge in [0.2, 0.25) is 0 Å². The van der Waals surface area contributed by atoms with Crippen molar-refractivity contribution in [3.05, 3.63) is 35.5 Å². The monoisotopic (exact) mass is 292 g/mol. The van der Waals surface area contributed by atoms with Crippen LogP contribution in [0.15, 0.2) is 24.3 Å². The van der Waals surface area contributed by atoms with Crippen molar-refractivity contribution >= 4 is 32.6 Å². The smallest absolute Gasteiger partial charge is 0.166 e. The van der Waals surface area contributed by atoms with Crippen molar-refractivity contribution in [1.82, 2.24) is 10.3 Å². The van der Waals surface area contributed by atoms with Crippen LogP contribution in [-0.4, -0.2) is 22.6 Å². The van der Waals surface area contributed by atoms with Crippen molar-refractivity contribution in [1.29, 1.82) is 0 Å². The van der Waals surface area contributed by atoms with Gasteiger partial charge >= 0.3 is 0 Å². The molecule has 4 heteroatoms. The van der Waals surface area contributed by atoms with Crippen LogP contribution in [0.3, 0.4) is 0 Å². The Kier molecular flexibility index (Phi) is 2.76. The average molecular weight is 293 g/mol. The molecule has 17 heavy (non-hydrogen) atoms. The predicted molar refractivity (Wildman–Crippen MR) is 71.5 cm³/mol. The predicted octanol–water partition coefficient (Wildman–Crippen LogP) is 2.32. The number of rotatable bonds is 2. The number of halogens is 1. The van der Waals surface area contributed by atoms with E-state index in [-0.39, 0.29) is 11.8 Å². The van der Waals surface area contributed by atoms with Crippen LogP contribution in [0.2, 0.25) is 0 Å². The third-order valence-corrected chi connectivity index (χ3v) is 3.87. The fraction of sp³-hybridized carbons (Fsp3) is 0.308. The second-order valence-corrected chi connectivity index (χ2v) is 4.86. The third kappa shape index (κ3) is 1.72. The molecule has 88 valence electrons. The Morgan fingerprint density at radius 1 is 1.41 bits per heavy atom. The third-order valence-electron chi connectivity index (χ3n) is 3.31. The molecule has 1 atom stereocenters. The van der Waals surface area contributed by atoms with E-state index in [9.17, 15) is 4.79 Å². The van der Waals surface area contributed by atoms with Crippen LogP contribution in [0.4, 0.5) is 0 Å². The van der Waals surface area contributed by atoms with Gasteiger partial charge in [0.05, 0.1) is 5.33 Å². The molecule has 2 aromatic rings. The van der Waals surface area contributed by atoms with Crippen LogP contribution in [0.1, 0.15) is 17.3 Å². The molecule has 1 aliphatic rings. The number of aromatic nitrogens is 1. The Labute approximate surface area is 108 Å². The summed E-state index contributed by atoms with van der Waals surface area (Å²) in [7, 11) is 0. The molecule has 0 saturated heterocycles. The molecular weight excluding hydrogens is 280 g/mol. The second-order valence-electron chi connectivity index (χ2n) is 4.30. The lowest BCUT2D eigenvalue weighted by Crippen LogP contribution is -2.35. The summed E-state index contributed by atoms with van der Waals surface area (Å²) in [5.74, 6) is 0.178. The number of Topliss-reactive ketones (excluding diaryl/α,β-unsaturated/α-hetero) is 1. The highest BCUT2D eigenvalue weighted by Crippen LogP contribution is 2.30. The quantitative estimate of drug-likeness (QED) is 0.835. The number of carbonyl (C=O) groups is 1. The Balaban J connectivity index is 2.17. The largest absolute Gasteiger partial charge is 0.356 e. The number of carbonyl (C=O) groups excluding carboxylic acids is 1. The lowest BCUT2D eigenvalue weighted by Gasteiger charge is -2.22. The molecule has 1 aromatic heterocycles. The first-order valence-corrected chi connectivity index (χ1v) is 6.85. The number of nitrogens with one attached hydrogen (secondary N) is 2. The van der Waals surface area contributed by atoms with E-state index >= 15 is 0 Å². The van der Waals surface area contributed by atoms with Crippen LogP contribution >= 0.6 is 15.9 Å². The van der Waals surface area contributed by atoms with E-state index in [2.05, 4.69) is 38.4 Å². The first-order valence-electron chi connectivity index (χ1n) is 5.73. The van der Waals surface area contributed by atoms with Gasteiger partial charge in [-0.15, -0.1) is 0 Å². The summed E-state index contributed by atoms with van der Waals surface area (Å²) in [6, 6.07) is 8.04. The summed E-state index contributed by atoms with van der Waals surface area (Å²) >= 11 is 3.24. The van der Waals surface area contributed by atoms with Crippen molar-refractivity contribution < 1.29 is 4.79 Å². The van der Waals surface area contributed by atoms with Gasteiger partial charge in [-0.05, 0) is 18.1 Å². The molecule has 0 spiro atoms. The van der Waals surface area contributed by atoms with E-state index in [1.54, 1.807) is 0 Å². The molecule has 0 saturated carbocycles. The number of benzene rings is 1. The van der Waals surface area contributed by atoms with Gasteiger partial charge in [0.15, 0.2) is 5.78 Å². The fourth-order valence-corrected chi connectivity index (χ4v) is 2.86. The standard InChI is InChI=1S/C13H13BrN2O/c14-7-11(17)13-12-9(5-6-15-13)8-3-1-2-4-10(8)16-12/h1-4,13,15-16H,5-7H2. The Morgan fingerprint density at radius 2 is 2.24 bits per heavy atom. The normalized spacial score (nSPS) is 19.2. The van der Waals surface area contributed by atoms with Gasteiger partial charge in [0.25, 0.3) is 0 Å². The number of hydrogen-bond acceptors (Lipinski definition) is 2. The van der Waals surface area contributed by atoms with Crippen molar-refractivity contribution in [2.75, 3.05) is 11.9 Å². The molecule has 2 N–H and O–H groups in total. The van der Waals surface area contributed by atoms with Gasteiger partial charge in [-0.1, -0.05) is 34.1 Å². The van der Waals surface area contributed by atoms with Crippen LogP contribution in [0, 0.1) is 0 Å². The molecule has 1 aromatic carbocycles. The summed E-state index contributed by atoms with van der Waals surface area (Å²) in [5.41, 5.74) is 3.45. The van der Waals surface area contributed by atoms with Crippen LogP contribution < -0.4 is 5.32 Å². The minimum atomic E-state index is -0.189. The zero-order chi connectivity index (χ0) is 11.8. The molecule has 0 fully saturated rings. The molecule has 1 unspecified atom stereocenters. The highest BCUT2D eigenvalue weighted by molar-refractivity contribution is 9.09. The average Bonchev–Trinajstić information content (AvgIpc) is 2.76. The molecule has 3 nitrogen and oxygen atoms in total. The second kappa shape index (κ2) is 4.27. The van der Waals surface area contributed by atoms with Crippen molar-refractivity contribution in [2.45, 2.75) is 12.5 Å². The summed E-state index contributed by atoms with van der Waals surface area (Å²) in [5, 5.41) is 4.91. The van der Waals surface area contributed by atoms with Gasteiger partial charge in [-0.25, -0.2) is 0 Å². The van der Waals surface area contributed by atoms with Gasteiger partial charge in [-0.2, -0.15) is 0 Å². The Hall–Kier alpha value is -1.13. The summed E-state index contributed by atoms with van der Waals surface area (Å²) in [6.07, 6.45) is 0.978. The SMILES string of the molecule is O=C(CBr)C1NCCc2c1[nH]c1ccccc21. The molecule has 1 aliphatic heterocycles. The van der Waals surface area contributed by atoms with Gasteiger partial charge in [0.1, 0.15) is 6.04 Å². The minimum Gasteiger partial charge on any atom is -0.356 e. The van der Waals surface area contributed by atoms with E-state index in [4.69, 9.17) is 0 Å². The van der Waals surface area contributed by atoms with Crippen LogP contribution in [0.25, 0.3) is 10.9 Å². The maximum absolute atomic E-state index is 11.9. The highest BCUT2D eigenvalue weighted by atomic mass is 79.9. The lowest BCUT2D eigenvalue weighted by atomic mass is 9.97. The van der Waals surface area contributed by atoms with Gasteiger partial charge in [0, 0.05) is 23.1 Å². The summed E-state index contributed by atoms with van der Waals surface area (Å²) in [6.45, 7) is 0.859. The van der Waals surface area contributed by atoms with E-state index in [0.29, 0.717) is 5.33 Å². The number of hydrogen-bond donors (Lipinski definition) is 2. The first-order chi connectivity index (χ1) is 8.31. The van der Waals surface area contributed by atoms with Crippen LogP contribution in [-0.2, 0) is 11.2 Å². The molecule has 0 radical (unpaired) electrons. The van der Waals surface area contributed by atoms with Crippen molar-refractivity contribution in [2.24, 2.45) is 0 Å². The zero-order valence-electron chi connectivity index (χ0n) is 9.29. The van der Waals surface area contributed by atoms with E-state index in [1.807, 2.05) is 12.1 Å². The number of H-pyrrole nitrogens is 1.